The van der Waals surface area contributed by atoms with Gasteiger partial charge in [-0.15, -0.1) is 0 Å². The van der Waals surface area contributed by atoms with Gasteiger partial charge >= 0.3 is 0 Å². The topological polar surface area (TPSA) is 49.4 Å². The highest BCUT2D eigenvalue weighted by Crippen LogP contribution is 2.15. The Balaban J connectivity index is 3.17. The van der Waals surface area contributed by atoms with E-state index in [0.29, 0.717) is 0 Å². The fraction of sp³-hybridized carbons (Fsp3) is 0.125. The molecule has 0 bridgehead atoms. The molecule has 64 valence electrons. The van der Waals surface area contributed by atoms with Crippen LogP contribution in [-0.4, -0.2) is 13.1 Å². The summed E-state index contributed by atoms with van der Waals surface area (Å²) in [6.45, 7) is 0. The van der Waals surface area contributed by atoms with Crippen LogP contribution in [0.5, 0.6) is 5.75 Å². The zero-order valence-electron chi connectivity index (χ0n) is 6.33. The second kappa shape index (κ2) is 3.21. The Morgan fingerprint density at radius 2 is 2.25 bits per heavy atom. The van der Waals surface area contributed by atoms with Gasteiger partial charge in [0.25, 0.3) is 0 Å². The number of methoxy groups -OCH3 is 1. The lowest BCUT2D eigenvalue weighted by Crippen LogP contribution is -2.23. The number of halogens is 1. The van der Waals surface area contributed by atoms with Crippen molar-refractivity contribution in [1.29, 1.82) is 0 Å². The minimum absolute atomic E-state index is 0.288. The molecule has 0 aliphatic carbocycles. The maximum atomic E-state index is 12.7. The fourth-order valence-electron chi connectivity index (χ4n) is 0.788. The number of carbonyl (C=O) groups excluding carboxylic acids is 1. The predicted octanol–water partition coefficient (Wildman–Crippen LogP) is 0.198. The second-order valence-corrected chi connectivity index (χ2v) is 2.13. The van der Waals surface area contributed by atoms with Crippen LogP contribution in [0.15, 0.2) is 18.2 Å². The van der Waals surface area contributed by atoms with Crippen LogP contribution in [-0.2, 0) is 0 Å². The van der Waals surface area contributed by atoms with Gasteiger partial charge in [-0.25, -0.2) is 4.39 Å². The van der Waals surface area contributed by atoms with Crippen molar-refractivity contribution >= 4 is 5.97 Å². The monoisotopic (exact) mass is 169 g/mol. The van der Waals surface area contributed by atoms with Crippen molar-refractivity contribution in [3.8, 4) is 5.75 Å². The van der Waals surface area contributed by atoms with Crippen molar-refractivity contribution in [2.24, 2.45) is 0 Å². The summed E-state index contributed by atoms with van der Waals surface area (Å²) in [6, 6.07) is 3.43. The van der Waals surface area contributed by atoms with Gasteiger partial charge in [0.1, 0.15) is 11.6 Å². The third-order valence-corrected chi connectivity index (χ3v) is 1.39. The molecule has 0 radical (unpaired) electrons. The normalized spacial score (nSPS) is 9.50. The quantitative estimate of drug-likeness (QED) is 0.635. The van der Waals surface area contributed by atoms with E-state index in [1.165, 1.54) is 13.2 Å². The van der Waals surface area contributed by atoms with E-state index in [9.17, 15) is 14.3 Å². The van der Waals surface area contributed by atoms with Gasteiger partial charge in [-0.2, -0.15) is 0 Å². The molecule has 0 aliphatic heterocycles. The summed E-state index contributed by atoms with van der Waals surface area (Å²) in [4.78, 5) is 10.3. The molecule has 0 saturated carbocycles. The van der Waals surface area contributed by atoms with Crippen LogP contribution in [0, 0.1) is 5.82 Å². The standard InChI is InChI=1S/C8H7FO3/c1-12-5-2-3-7(9)6(4-5)8(10)11/h2-4H,1H3,(H,10,11)/p-1. The number of carboxylic acids is 1. The molecule has 1 aromatic rings. The van der Waals surface area contributed by atoms with Crippen LogP contribution in [0.2, 0.25) is 0 Å². The van der Waals surface area contributed by atoms with Crippen LogP contribution in [0.1, 0.15) is 10.4 Å². The average Bonchev–Trinajstić information content (AvgIpc) is 2.05. The Hall–Kier alpha value is -1.58. The molecule has 4 heteroatoms. The van der Waals surface area contributed by atoms with Crippen molar-refractivity contribution in [2.45, 2.75) is 0 Å². The van der Waals surface area contributed by atoms with Crippen molar-refractivity contribution in [3.05, 3.63) is 29.6 Å². The van der Waals surface area contributed by atoms with E-state index in [4.69, 9.17) is 4.74 Å². The van der Waals surface area contributed by atoms with Crippen LogP contribution in [0.3, 0.4) is 0 Å². The molecule has 3 nitrogen and oxygen atoms in total. The summed E-state index contributed by atoms with van der Waals surface area (Å²) in [7, 11) is 1.37. The highest BCUT2D eigenvalue weighted by molar-refractivity contribution is 5.86. The number of rotatable bonds is 2. The van der Waals surface area contributed by atoms with E-state index in [0.717, 1.165) is 12.1 Å². The highest BCUT2D eigenvalue weighted by atomic mass is 19.1. The first-order chi connectivity index (χ1) is 5.65. The van der Waals surface area contributed by atoms with E-state index in [2.05, 4.69) is 0 Å². The molecule has 12 heavy (non-hydrogen) atoms. The molecule has 0 unspecified atom stereocenters. The van der Waals surface area contributed by atoms with Crippen molar-refractivity contribution in [1.82, 2.24) is 0 Å². The lowest BCUT2D eigenvalue weighted by atomic mass is 10.2. The number of ether oxygens (including phenoxy) is 1. The number of hydrogen-bond acceptors (Lipinski definition) is 3. The van der Waals surface area contributed by atoms with Gasteiger partial charge in [-0.05, 0) is 18.2 Å². The summed E-state index contributed by atoms with van der Waals surface area (Å²) >= 11 is 0. The van der Waals surface area contributed by atoms with Gasteiger partial charge in [0.15, 0.2) is 0 Å². The number of carboxylic acid groups (broad SMARTS) is 1. The van der Waals surface area contributed by atoms with Crippen molar-refractivity contribution < 1.29 is 19.0 Å². The predicted molar refractivity (Wildman–Crippen MR) is 37.3 cm³/mol. The number of benzene rings is 1. The zero-order chi connectivity index (χ0) is 9.14. The molecule has 0 fully saturated rings. The number of carbonyl (C=O) groups is 1. The summed E-state index contributed by atoms with van der Waals surface area (Å²) in [6.07, 6.45) is 0. The lowest BCUT2D eigenvalue weighted by Gasteiger charge is -2.05. The van der Waals surface area contributed by atoms with Gasteiger partial charge in [0, 0.05) is 5.56 Å². The SMILES string of the molecule is COc1ccc(F)c(C(=O)[O-])c1. The van der Waals surface area contributed by atoms with Crippen molar-refractivity contribution in [2.75, 3.05) is 7.11 Å². The van der Waals surface area contributed by atoms with Crippen LogP contribution in [0.25, 0.3) is 0 Å². The minimum Gasteiger partial charge on any atom is -0.545 e. The summed E-state index contributed by atoms with van der Waals surface area (Å²) in [5.74, 6) is -2.09. The van der Waals surface area contributed by atoms with Gasteiger partial charge in [-0.1, -0.05) is 0 Å². The van der Waals surface area contributed by atoms with E-state index < -0.39 is 17.3 Å². The Morgan fingerprint density at radius 1 is 1.58 bits per heavy atom. The smallest absolute Gasteiger partial charge is 0.132 e. The lowest BCUT2D eigenvalue weighted by molar-refractivity contribution is -0.255. The molecule has 0 N–H and O–H groups in total. The fourth-order valence-corrected chi connectivity index (χ4v) is 0.788. The molecule has 0 aliphatic rings. The molecule has 0 aromatic heterocycles. The second-order valence-electron chi connectivity index (χ2n) is 2.13. The third-order valence-electron chi connectivity index (χ3n) is 1.39. The van der Waals surface area contributed by atoms with Gasteiger partial charge in [0.05, 0.1) is 13.1 Å². The molecule has 0 saturated heterocycles. The first kappa shape index (κ1) is 8.52. The maximum absolute atomic E-state index is 12.7. The highest BCUT2D eigenvalue weighted by Gasteiger charge is 2.03. The Kier molecular flexibility index (Phi) is 2.28. The molecule has 0 heterocycles. The summed E-state index contributed by atoms with van der Waals surface area (Å²) < 4.78 is 17.4. The van der Waals surface area contributed by atoms with Crippen LogP contribution in [0.4, 0.5) is 4.39 Å². The van der Waals surface area contributed by atoms with Gasteiger partial charge < -0.3 is 14.6 Å². The summed E-state index contributed by atoms with van der Waals surface area (Å²) in [5.41, 5.74) is -0.491. The molecule has 1 rings (SSSR count). The van der Waals surface area contributed by atoms with E-state index >= 15 is 0 Å². The number of hydrogen-bond donors (Lipinski definition) is 0. The molecule has 1 aromatic carbocycles. The first-order valence-electron chi connectivity index (χ1n) is 3.20. The average molecular weight is 169 g/mol. The van der Waals surface area contributed by atoms with Crippen molar-refractivity contribution in [3.63, 3.8) is 0 Å². The van der Waals surface area contributed by atoms with E-state index in [-0.39, 0.29) is 5.75 Å². The van der Waals surface area contributed by atoms with Crippen LogP contribution >= 0.6 is 0 Å². The van der Waals surface area contributed by atoms with Gasteiger partial charge in [-0.3, -0.25) is 0 Å². The van der Waals surface area contributed by atoms with E-state index in [1.54, 1.807) is 0 Å². The largest absolute Gasteiger partial charge is 0.545 e. The van der Waals surface area contributed by atoms with Gasteiger partial charge in [0.2, 0.25) is 0 Å². The molecular formula is C8H6FO3-. The molecular weight excluding hydrogens is 163 g/mol. The maximum Gasteiger partial charge on any atom is 0.132 e. The molecule has 0 spiro atoms. The van der Waals surface area contributed by atoms with E-state index in [1.807, 2.05) is 0 Å². The minimum atomic E-state index is -1.55. The summed E-state index contributed by atoms with van der Waals surface area (Å²) in [5, 5.41) is 10.3. The third kappa shape index (κ3) is 1.53. The Bertz CT molecular complexity index is 309. The zero-order valence-corrected chi connectivity index (χ0v) is 6.33. The molecule has 0 amide bonds. The Labute approximate surface area is 68.4 Å². The molecule has 0 atom stereocenters. The first-order valence-corrected chi connectivity index (χ1v) is 3.20. The van der Waals surface area contributed by atoms with Crippen LogP contribution < -0.4 is 9.84 Å². The Morgan fingerprint density at radius 3 is 2.75 bits per heavy atom. The number of aromatic carboxylic acids is 1.